The standard InChI is InChI=1S/C19H36O2/c1-3-4-5-6-7-8-9-10-11-12-13-14-15-16-17-18-19-21-20-2/h6-7,16-17H,3-5,8-15,18-19H2,1-2H3. The van der Waals surface area contributed by atoms with Crippen LogP contribution in [0.1, 0.15) is 84.0 Å². The maximum Gasteiger partial charge on any atom is 0.0856 e. The molecule has 0 amide bonds. The van der Waals surface area contributed by atoms with Crippen LogP contribution in [0, 0.1) is 0 Å². The molecule has 0 saturated carbocycles. The third-order valence-corrected chi connectivity index (χ3v) is 3.53. The van der Waals surface area contributed by atoms with Crippen LogP contribution in [0.15, 0.2) is 24.3 Å². The van der Waals surface area contributed by atoms with Gasteiger partial charge in [-0.15, -0.1) is 0 Å². The number of unbranched alkanes of at least 4 members (excludes halogenated alkanes) is 9. The van der Waals surface area contributed by atoms with Gasteiger partial charge in [0.15, 0.2) is 0 Å². The monoisotopic (exact) mass is 296 g/mol. The zero-order valence-corrected chi connectivity index (χ0v) is 14.3. The SMILES string of the molecule is CCCCC=CCCCCCCCCC=CCCOOC. The van der Waals surface area contributed by atoms with Gasteiger partial charge in [0.2, 0.25) is 0 Å². The minimum absolute atomic E-state index is 0.653. The second-order valence-electron chi connectivity index (χ2n) is 5.56. The van der Waals surface area contributed by atoms with E-state index < -0.39 is 0 Å². The Morgan fingerprint density at radius 3 is 1.62 bits per heavy atom. The highest BCUT2D eigenvalue weighted by atomic mass is 17.2. The predicted molar refractivity (Wildman–Crippen MR) is 92.3 cm³/mol. The van der Waals surface area contributed by atoms with Crippen LogP contribution in [-0.2, 0) is 9.78 Å². The lowest BCUT2D eigenvalue weighted by Gasteiger charge is -1.99. The summed E-state index contributed by atoms with van der Waals surface area (Å²) in [7, 11) is 1.55. The lowest BCUT2D eigenvalue weighted by molar-refractivity contribution is -0.271. The lowest BCUT2D eigenvalue weighted by atomic mass is 10.1. The molecule has 2 heteroatoms. The summed E-state index contributed by atoms with van der Waals surface area (Å²) in [6.45, 7) is 2.90. The zero-order chi connectivity index (χ0) is 15.4. The molecule has 0 heterocycles. The van der Waals surface area contributed by atoms with Crippen LogP contribution in [0.25, 0.3) is 0 Å². The third-order valence-electron chi connectivity index (χ3n) is 3.53. The zero-order valence-electron chi connectivity index (χ0n) is 14.3. The first-order chi connectivity index (χ1) is 10.4. The second kappa shape index (κ2) is 19.4. The Morgan fingerprint density at radius 2 is 1.10 bits per heavy atom. The molecule has 0 aromatic rings. The average Bonchev–Trinajstić information content (AvgIpc) is 2.50. The van der Waals surface area contributed by atoms with Crippen molar-refractivity contribution in [1.29, 1.82) is 0 Å². The van der Waals surface area contributed by atoms with Crippen LogP contribution in [0.4, 0.5) is 0 Å². The first-order valence-electron chi connectivity index (χ1n) is 8.87. The molecule has 2 nitrogen and oxygen atoms in total. The number of hydrogen-bond acceptors (Lipinski definition) is 2. The number of allylic oxidation sites excluding steroid dienone is 3. The molecule has 0 spiro atoms. The summed E-state index contributed by atoms with van der Waals surface area (Å²) in [5, 5.41) is 0. The van der Waals surface area contributed by atoms with E-state index in [9.17, 15) is 0 Å². The third kappa shape index (κ3) is 19.4. The minimum atomic E-state index is 0.653. The van der Waals surface area contributed by atoms with Gasteiger partial charge in [0.25, 0.3) is 0 Å². The Balaban J connectivity index is 3.07. The Bertz CT molecular complexity index is 234. The summed E-state index contributed by atoms with van der Waals surface area (Å²) in [6, 6.07) is 0. The number of hydrogen-bond donors (Lipinski definition) is 0. The van der Waals surface area contributed by atoms with E-state index in [1.165, 1.54) is 70.6 Å². The fourth-order valence-corrected chi connectivity index (χ4v) is 2.22. The molecule has 0 bridgehead atoms. The Labute approximate surface area is 132 Å². The first-order valence-corrected chi connectivity index (χ1v) is 8.87. The normalized spacial score (nSPS) is 11.9. The van der Waals surface area contributed by atoms with Crippen molar-refractivity contribution in [2.24, 2.45) is 0 Å². The van der Waals surface area contributed by atoms with Crippen molar-refractivity contribution in [2.45, 2.75) is 84.0 Å². The van der Waals surface area contributed by atoms with Gasteiger partial charge in [-0.05, 0) is 38.5 Å². The van der Waals surface area contributed by atoms with Crippen LogP contribution in [0.5, 0.6) is 0 Å². The van der Waals surface area contributed by atoms with Crippen LogP contribution in [0.3, 0.4) is 0 Å². The molecule has 0 fully saturated rings. The van der Waals surface area contributed by atoms with Gasteiger partial charge >= 0.3 is 0 Å². The molecule has 0 atom stereocenters. The fourth-order valence-electron chi connectivity index (χ4n) is 2.22. The minimum Gasteiger partial charge on any atom is -0.240 e. The molecule has 0 aromatic carbocycles. The number of rotatable bonds is 16. The first kappa shape index (κ1) is 20.4. The lowest BCUT2D eigenvalue weighted by Crippen LogP contribution is -1.89. The van der Waals surface area contributed by atoms with Gasteiger partial charge in [-0.3, -0.25) is 0 Å². The Morgan fingerprint density at radius 1 is 0.619 bits per heavy atom. The van der Waals surface area contributed by atoms with Crippen molar-refractivity contribution in [2.75, 3.05) is 13.7 Å². The second-order valence-corrected chi connectivity index (χ2v) is 5.56. The molecular weight excluding hydrogens is 260 g/mol. The van der Waals surface area contributed by atoms with Crippen molar-refractivity contribution < 1.29 is 9.78 Å². The maximum atomic E-state index is 4.80. The molecule has 0 aromatic heterocycles. The van der Waals surface area contributed by atoms with E-state index in [0.717, 1.165) is 6.42 Å². The van der Waals surface area contributed by atoms with E-state index in [1.807, 2.05) is 0 Å². The van der Waals surface area contributed by atoms with Gasteiger partial charge < -0.3 is 0 Å². The van der Waals surface area contributed by atoms with Gasteiger partial charge in [0.05, 0.1) is 13.7 Å². The van der Waals surface area contributed by atoms with Gasteiger partial charge in [0.1, 0.15) is 0 Å². The average molecular weight is 296 g/mol. The quantitative estimate of drug-likeness (QED) is 0.142. The van der Waals surface area contributed by atoms with Crippen LogP contribution in [-0.4, -0.2) is 13.7 Å². The molecule has 0 aliphatic rings. The Hall–Kier alpha value is -0.600. The molecule has 0 N–H and O–H groups in total. The van der Waals surface area contributed by atoms with Crippen LogP contribution in [0.2, 0.25) is 0 Å². The van der Waals surface area contributed by atoms with E-state index in [2.05, 4.69) is 36.1 Å². The highest BCUT2D eigenvalue weighted by Crippen LogP contribution is 2.09. The van der Waals surface area contributed by atoms with E-state index in [-0.39, 0.29) is 0 Å². The summed E-state index contributed by atoms with van der Waals surface area (Å²) >= 11 is 0. The summed E-state index contributed by atoms with van der Waals surface area (Å²) in [6.07, 6.45) is 24.7. The van der Waals surface area contributed by atoms with Crippen molar-refractivity contribution in [3.63, 3.8) is 0 Å². The molecule has 0 radical (unpaired) electrons. The largest absolute Gasteiger partial charge is 0.240 e. The summed E-state index contributed by atoms with van der Waals surface area (Å²) in [5.41, 5.74) is 0. The molecule has 0 rings (SSSR count). The van der Waals surface area contributed by atoms with E-state index in [4.69, 9.17) is 4.89 Å². The molecule has 0 saturated heterocycles. The fraction of sp³-hybridized carbons (Fsp3) is 0.789. The summed E-state index contributed by atoms with van der Waals surface area (Å²) < 4.78 is 0. The van der Waals surface area contributed by atoms with E-state index in [0.29, 0.717) is 6.61 Å². The topological polar surface area (TPSA) is 18.5 Å². The van der Waals surface area contributed by atoms with Gasteiger partial charge in [-0.1, -0.05) is 69.8 Å². The van der Waals surface area contributed by atoms with Crippen LogP contribution < -0.4 is 0 Å². The molecule has 0 unspecified atom stereocenters. The van der Waals surface area contributed by atoms with Crippen molar-refractivity contribution >= 4 is 0 Å². The summed E-state index contributed by atoms with van der Waals surface area (Å²) in [4.78, 5) is 9.32. The van der Waals surface area contributed by atoms with Crippen molar-refractivity contribution in [3.05, 3.63) is 24.3 Å². The highest BCUT2D eigenvalue weighted by Gasteiger charge is 1.90. The molecule has 124 valence electrons. The van der Waals surface area contributed by atoms with Gasteiger partial charge in [-0.25, -0.2) is 9.78 Å². The molecule has 21 heavy (non-hydrogen) atoms. The Kier molecular flexibility index (Phi) is 18.8. The van der Waals surface area contributed by atoms with Crippen molar-refractivity contribution in [1.82, 2.24) is 0 Å². The highest BCUT2D eigenvalue weighted by molar-refractivity contribution is 4.81. The van der Waals surface area contributed by atoms with Crippen LogP contribution >= 0.6 is 0 Å². The smallest absolute Gasteiger partial charge is 0.0856 e. The van der Waals surface area contributed by atoms with Crippen molar-refractivity contribution in [3.8, 4) is 0 Å². The van der Waals surface area contributed by atoms with E-state index >= 15 is 0 Å². The molecule has 0 aliphatic carbocycles. The van der Waals surface area contributed by atoms with E-state index in [1.54, 1.807) is 7.11 Å². The maximum absolute atomic E-state index is 4.80. The predicted octanol–water partition coefficient (Wildman–Crippen LogP) is 6.38. The van der Waals surface area contributed by atoms with Gasteiger partial charge in [0, 0.05) is 0 Å². The molecule has 0 aliphatic heterocycles. The van der Waals surface area contributed by atoms with Gasteiger partial charge in [-0.2, -0.15) is 0 Å². The molecular formula is C19H36O2. The summed E-state index contributed by atoms with van der Waals surface area (Å²) in [5.74, 6) is 0.